The molecule has 1 aliphatic rings. The lowest BCUT2D eigenvalue weighted by atomic mass is 9.96. The fourth-order valence-electron chi connectivity index (χ4n) is 3.09. The number of rotatable bonds is 9. The standard InChI is InChI=1S/C21H35ClO2/c1-17(12-9-15-21(3,4)22)10-8-11-18(2)16-20(23)24-19-13-6-5-7-14-19/h8,11,16-17,19H,5-7,9-10,12-15H2,1-4H3. The third-order valence-electron chi connectivity index (χ3n) is 4.57. The second kappa shape index (κ2) is 11.0. The Labute approximate surface area is 153 Å². The van der Waals surface area contributed by atoms with Gasteiger partial charge in [0.2, 0.25) is 0 Å². The smallest absolute Gasteiger partial charge is 0.331 e. The summed E-state index contributed by atoms with van der Waals surface area (Å²) in [5, 5.41) is 0. The fourth-order valence-corrected chi connectivity index (χ4v) is 3.22. The summed E-state index contributed by atoms with van der Waals surface area (Å²) in [5.74, 6) is 0.448. The number of carbonyl (C=O) groups is 1. The van der Waals surface area contributed by atoms with E-state index in [0.717, 1.165) is 37.7 Å². The molecule has 0 heterocycles. The molecular formula is C21H35ClO2. The Bertz CT molecular complexity index is 426. The summed E-state index contributed by atoms with van der Waals surface area (Å²) in [7, 11) is 0. The molecule has 0 N–H and O–H groups in total. The number of hydrogen-bond donors (Lipinski definition) is 0. The summed E-state index contributed by atoms with van der Waals surface area (Å²) in [4.78, 5) is 11.8. The Kier molecular flexibility index (Phi) is 9.73. The SMILES string of the molecule is CC(C=CCC(C)CCCC(C)(C)Cl)=CC(=O)OC1CCCCC1. The molecule has 3 heteroatoms. The molecule has 1 rings (SSSR count). The van der Waals surface area contributed by atoms with Gasteiger partial charge in [0, 0.05) is 11.0 Å². The molecule has 1 aliphatic carbocycles. The van der Waals surface area contributed by atoms with Gasteiger partial charge in [-0.3, -0.25) is 0 Å². The summed E-state index contributed by atoms with van der Waals surface area (Å²) >= 11 is 6.22. The number of halogens is 1. The van der Waals surface area contributed by atoms with Crippen LogP contribution in [0.1, 0.15) is 85.5 Å². The number of ether oxygens (including phenoxy) is 1. The highest BCUT2D eigenvalue weighted by Gasteiger charge is 2.16. The second-order valence-electron chi connectivity index (χ2n) is 7.94. The lowest BCUT2D eigenvalue weighted by Gasteiger charge is -2.21. The molecule has 1 unspecified atom stereocenters. The molecule has 0 spiro atoms. The average molecular weight is 355 g/mol. The highest BCUT2D eigenvalue weighted by molar-refractivity contribution is 6.23. The van der Waals surface area contributed by atoms with Crippen molar-refractivity contribution < 1.29 is 9.53 Å². The fraction of sp³-hybridized carbons (Fsp3) is 0.762. The second-order valence-corrected chi connectivity index (χ2v) is 8.96. The van der Waals surface area contributed by atoms with E-state index in [4.69, 9.17) is 16.3 Å². The molecule has 0 aromatic carbocycles. The molecule has 138 valence electrons. The van der Waals surface area contributed by atoms with E-state index in [0.29, 0.717) is 5.92 Å². The molecule has 0 aliphatic heterocycles. The summed E-state index contributed by atoms with van der Waals surface area (Å²) in [6.45, 7) is 8.36. The highest BCUT2D eigenvalue weighted by atomic mass is 35.5. The molecule has 2 nitrogen and oxygen atoms in total. The van der Waals surface area contributed by atoms with Crippen LogP contribution in [0.2, 0.25) is 0 Å². The van der Waals surface area contributed by atoms with Crippen LogP contribution in [0, 0.1) is 5.92 Å². The number of carbonyl (C=O) groups excluding carboxylic acids is 1. The van der Waals surface area contributed by atoms with Gasteiger partial charge in [-0.15, -0.1) is 11.6 Å². The van der Waals surface area contributed by atoms with Crippen LogP contribution in [0.15, 0.2) is 23.8 Å². The first-order valence-electron chi connectivity index (χ1n) is 9.50. The quantitative estimate of drug-likeness (QED) is 0.202. The maximum Gasteiger partial charge on any atom is 0.331 e. The molecule has 0 saturated heterocycles. The zero-order valence-electron chi connectivity index (χ0n) is 15.9. The monoisotopic (exact) mass is 354 g/mol. The Morgan fingerprint density at radius 1 is 1.29 bits per heavy atom. The summed E-state index contributed by atoms with van der Waals surface area (Å²) in [5.41, 5.74) is 0.963. The molecular weight excluding hydrogens is 320 g/mol. The minimum Gasteiger partial charge on any atom is -0.459 e. The first kappa shape index (κ1) is 21.3. The van der Waals surface area contributed by atoms with Gasteiger partial charge in [-0.1, -0.05) is 38.3 Å². The van der Waals surface area contributed by atoms with Crippen molar-refractivity contribution in [1.82, 2.24) is 0 Å². The van der Waals surface area contributed by atoms with Gasteiger partial charge in [-0.05, 0) is 70.8 Å². The van der Waals surface area contributed by atoms with Crippen molar-refractivity contribution >= 4 is 17.6 Å². The van der Waals surface area contributed by atoms with Gasteiger partial charge < -0.3 is 4.74 Å². The van der Waals surface area contributed by atoms with Crippen molar-refractivity contribution in [2.75, 3.05) is 0 Å². The molecule has 1 atom stereocenters. The van der Waals surface area contributed by atoms with Crippen molar-refractivity contribution in [2.24, 2.45) is 5.92 Å². The molecule has 0 radical (unpaired) electrons. The predicted octanol–water partition coefficient (Wildman–Crippen LogP) is 6.58. The van der Waals surface area contributed by atoms with E-state index in [1.165, 1.54) is 25.7 Å². The van der Waals surface area contributed by atoms with Crippen LogP contribution in [-0.2, 0) is 9.53 Å². The summed E-state index contributed by atoms with van der Waals surface area (Å²) in [6.07, 6.45) is 16.0. The van der Waals surface area contributed by atoms with E-state index in [2.05, 4.69) is 26.8 Å². The van der Waals surface area contributed by atoms with E-state index in [-0.39, 0.29) is 16.9 Å². The highest BCUT2D eigenvalue weighted by Crippen LogP contribution is 2.23. The van der Waals surface area contributed by atoms with Crippen LogP contribution in [-0.4, -0.2) is 16.9 Å². The Morgan fingerprint density at radius 3 is 2.58 bits per heavy atom. The van der Waals surface area contributed by atoms with Crippen molar-refractivity contribution in [3.63, 3.8) is 0 Å². The zero-order chi connectivity index (χ0) is 18.0. The lowest BCUT2D eigenvalue weighted by molar-refractivity contribution is -0.144. The van der Waals surface area contributed by atoms with Gasteiger partial charge in [0.25, 0.3) is 0 Å². The van der Waals surface area contributed by atoms with Crippen LogP contribution in [0.5, 0.6) is 0 Å². The Balaban J connectivity index is 2.25. The minimum absolute atomic E-state index is 0.0897. The minimum atomic E-state index is -0.193. The van der Waals surface area contributed by atoms with E-state index >= 15 is 0 Å². The molecule has 0 aromatic heterocycles. The van der Waals surface area contributed by atoms with Crippen LogP contribution in [0.25, 0.3) is 0 Å². The third kappa shape index (κ3) is 10.9. The Morgan fingerprint density at radius 2 is 1.96 bits per heavy atom. The molecule has 0 aromatic rings. The van der Waals surface area contributed by atoms with Crippen molar-refractivity contribution in [1.29, 1.82) is 0 Å². The molecule has 24 heavy (non-hydrogen) atoms. The number of allylic oxidation sites excluding steroid dienone is 3. The Hall–Kier alpha value is -0.760. The van der Waals surface area contributed by atoms with Gasteiger partial charge in [-0.25, -0.2) is 4.79 Å². The van der Waals surface area contributed by atoms with E-state index in [9.17, 15) is 4.79 Å². The van der Waals surface area contributed by atoms with Crippen LogP contribution in [0.4, 0.5) is 0 Å². The van der Waals surface area contributed by atoms with Crippen LogP contribution in [0.3, 0.4) is 0 Å². The van der Waals surface area contributed by atoms with Gasteiger partial charge in [-0.2, -0.15) is 0 Å². The predicted molar refractivity (Wildman–Crippen MR) is 103 cm³/mol. The number of hydrogen-bond acceptors (Lipinski definition) is 2. The third-order valence-corrected chi connectivity index (χ3v) is 4.76. The van der Waals surface area contributed by atoms with E-state index < -0.39 is 0 Å². The van der Waals surface area contributed by atoms with E-state index in [1.54, 1.807) is 6.08 Å². The lowest BCUT2D eigenvalue weighted by Crippen LogP contribution is -2.19. The molecule has 1 fully saturated rings. The van der Waals surface area contributed by atoms with Gasteiger partial charge in [0.1, 0.15) is 6.10 Å². The number of alkyl halides is 1. The van der Waals surface area contributed by atoms with Gasteiger partial charge >= 0.3 is 5.97 Å². The van der Waals surface area contributed by atoms with Crippen molar-refractivity contribution in [3.8, 4) is 0 Å². The van der Waals surface area contributed by atoms with E-state index in [1.807, 2.05) is 13.0 Å². The van der Waals surface area contributed by atoms with Crippen molar-refractivity contribution in [2.45, 2.75) is 96.5 Å². The topological polar surface area (TPSA) is 26.3 Å². The average Bonchev–Trinajstić information content (AvgIpc) is 2.46. The zero-order valence-corrected chi connectivity index (χ0v) is 16.7. The number of esters is 1. The van der Waals surface area contributed by atoms with Crippen LogP contribution >= 0.6 is 11.6 Å². The van der Waals surface area contributed by atoms with Gasteiger partial charge in [0.15, 0.2) is 0 Å². The molecule has 0 amide bonds. The normalized spacial score (nSPS) is 18.8. The van der Waals surface area contributed by atoms with Crippen molar-refractivity contribution in [3.05, 3.63) is 23.8 Å². The first-order chi connectivity index (χ1) is 11.3. The van der Waals surface area contributed by atoms with Crippen LogP contribution < -0.4 is 0 Å². The molecule has 1 saturated carbocycles. The summed E-state index contributed by atoms with van der Waals surface area (Å²) < 4.78 is 5.51. The maximum absolute atomic E-state index is 11.9. The largest absolute Gasteiger partial charge is 0.459 e. The maximum atomic E-state index is 11.9. The summed E-state index contributed by atoms with van der Waals surface area (Å²) in [6, 6.07) is 0. The first-order valence-corrected chi connectivity index (χ1v) is 9.88. The van der Waals surface area contributed by atoms with Gasteiger partial charge in [0.05, 0.1) is 0 Å². The molecule has 0 bridgehead atoms.